The highest BCUT2D eigenvalue weighted by atomic mass is 16.4. The van der Waals surface area contributed by atoms with Gasteiger partial charge in [0.2, 0.25) is 5.89 Å². The zero-order valence-electron chi connectivity index (χ0n) is 9.72. The van der Waals surface area contributed by atoms with Gasteiger partial charge in [-0.05, 0) is 29.7 Å². The summed E-state index contributed by atoms with van der Waals surface area (Å²) in [6, 6.07) is 9.97. The Labute approximate surface area is 108 Å². The summed E-state index contributed by atoms with van der Waals surface area (Å²) in [5.74, 6) is 1.14. The van der Waals surface area contributed by atoms with Crippen LogP contribution in [-0.2, 0) is 0 Å². The van der Waals surface area contributed by atoms with E-state index >= 15 is 0 Å². The maximum Gasteiger partial charge on any atom is 0.488 e. The second-order valence-corrected chi connectivity index (χ2v) is 3.89. The van der Waals surface area contributed by atoms with Crippen LogP contribution in [0.2, 0.25) is 0 Å². The van der Waals surface area contributed by atoms with E-state index in [0.29, 0.717) is 28.6 Å². The van der Waals surface area contributed by atoms with Crippen LogP contribution in [0, 0.1) is 0 Å². The second kappa shape index (κ2) is 4.71. The maximum absolute atomic E-state index is 9.01. The molecule has 0 saturated heterocycles. The summed E-state index contributed by atoms with van der Waals surface area (Å²) in [6.07, 6.45) is 1.52. The van der Waals surface area contributed by atoms with Gasteiger partial charge in [0.05, 0.1) is 6.26 Å². The van der Waals surface area contributed by atoms with Crippen LogP contribution >= 0.6 is 0 Å². The molecular formula is C12H9BN2O4. The Morgan fingerprint density at radius 3 is 2.32 bits per heavy atom. The highest BCUT2D eigenvalue weighted by molar-refractivity contribution is 6.58. The van der Waals surface area contributed by atoms with Crippen molar-refractivity contribution in [3.8, 4) is 23.1 Å². The Balaban J connectivity index is 1.90. The molecule has 2 heterocycles. The number of furan rings is 1. The zero-order valence-corrected chi connectivity index (χ0v) is 9.72. The molecule has 3 rings (SSSR count). The molecule has 1 aromatic carbocycles. The largest absolute Gasteiger partial charge is 0.488 e. The molecule has 0 bridgehead atoms. The van der Waals surface area contributed by atoms with Crippen molar-refractivity contribution >= 4 is 12.6 Å². The number of aromatic nitrogens is 2. The monoisotopic (exact) mass is 256 g/mol. The van der Waals surface area contributed by atoms with E-state index in [1.807, 2.05) is 0 Å². The molecule has 0 aliphatic carbocycles. The van der Waals surface area contributed by atoms with E-state index in [0.717, 1.165) is 0 Å². The lowest BCUT2D eigenvalue weighted by Gasteiger charge is -1.99. The van der Waals surface area contributed by atoms with Crippen molar-refractivity contribution in [3.63, 3.8) is 0 Å². The van der Waals surface area contributed by atoms with Crippen molar-refractivity contribution in [1.29, 1.82) is 0 Å². The molecule has 94 valence electrons. The fourth-order valence-corrected chi connectivity index (χ4v) is 1.64. The third-order valence-electron chi connectivity index (χ3n) is 2.61. The first kappa shape index (κ1) is 11.7. The minimum atomic E-state index is -1.49. The zero-order chi connectivity index (χ0) is 13.2. The van der Waals surface area contributed by atoms with E-state index in [2.05, 4.69) is 10.2 Å². The molecule has 2 aromatic heterocycles. The van der Waals surface area contributed by atoms with Gasteiger partial charge in [-0.3, -0.25) is 0 Å². The lowest BCUT2D eigenvalue weighted by atomic mass is 9.80. The first-order chi connectivity index (χ1) is 9.24. The average molecular weight is 256 g/mol. The number of hydrogen-bond donors (Lipinski definition) is 2. The average Bonchev–Trinajstić information content (AvgIpc) is 3.10. The number of rotatable bonds is 3. The lowest BCUT2D eigenvalue weighted by Crippen LogP contribution is -2.29. The molecule has 0 radical (unpaired) electrons. The summed E-state index contributed by atoms with van der Waals surface area (Å²) in [7, 11) is -1.49. The Morgan fingerprint density at radius 2 is 1.68 bits per heavy atom. The fraction of sp³-hybridized carbons (Fsp3) is 0. The van der Waals surface area contributed by atoms with E-state index in [4.69, 9.17) is 18.9 Å². The minimum Gasteiger partial charge on any atom is -0.459 e. The number of nitrogens with zero attached hydrogens (tertiary/aromatic N) is 2. The van der Waals surface area contributed by atoms with Gasteiger partial charge in [0.25, 0.3) is 5.89 Å². The van der Waals surface area contributed by atoms with Gasteiger partial charge in [0.15, 0.2) is 5.76 Å². The third-order valence-corrected chi connectivity index (χ3v) is 2.61. The summed E-state index contributed by atoms with van der Waals surface area (Å²) in [4.78, 5) is 0. The van der Waals surface area contributed by atoms with Crippen molar-refractivity contribution in [3.05, 3.63) is 42.7 Å². The maximum atomic E-state index is 9.01. The summed E-state index contributed by atoms with van der Waals surface area (Å²) in [5.41, 5.74) is 1.09. The second-order valence-electron chi connectivity index (χ2n) is 3.89. The van der Waals surface area contributed by atoms with E-state index in [1.54, 1.807) is 36.4 Å². The quantitative estimate of drug-likeness (QED) is 0.669. The summed E-state index contributed by atoms with van der Waals surface area (Å²) < 4.78 is 10.6. The van der Waals surface area contributed by atoms with Gasteiger partial charge in [0.1, 0.15) is 0 Å². The molecule has 0 saturated carbocycles. The van der Waals surface area contributed by atoms with Crippen LogP contribution in [0.25, 0.3) is 23.1 Å². The molecule has 0 atom stereocenters. The first-order valence-electron chi connectivity index (χ1n) is 5.58. The Bertz CT molecular complexity index is 661. The van der Waals surface area contributed by atoms with E-state index in [-0.39, 0.29) is 0 Å². The van der Waals surface area contributed by atoms with Crippen LogP contribution in [0.1, 0.15) is 0 Å². The van der Waals surface area contributed by atoms with Gasteiger partial charge in [-0.2, -0.15) is 0 Å². The molecule has 0 amide bonds. The van der Waals surface area contributed by atoms with Crippen LogP contribution in [0.15, 0.2) is 51.5 Å². The van der Waals surface area contributed by atoms with Crippen molar-refractivity contribution in [2.45, 2.75) is 0 Å². The first-order valence-corrected chi connectivity index (χ1v) is 5.58. The Hall–Kier alpha value is -2.38. The smallest absolute Gasteiger partial charge is 0.459 e. The summed E-state index contributed by atoms with van der Waals surface area (Å²) in [6.45, 7) is 0. The Morgan fingerprint density at radius 1 is 0.947 bits per heavy atom. The predicted molar refractivity (Wildman–Crippen MR) is 67.3 cm³/mol. The Kier molecular flexibility index (Phi) is 2.90. The molecule has 0 aliphatic rings. The highest BCUT2D eigenvalue weighted by Gasteiger charge is 2.14. The van der Waals surface area contributed by atoms with Crippen LogP contribution in [0.3, 0.4) is 0 Å². The van der Waals surface area contributed by atoms with Crippen molar-refractivity contribution in [2.24, 2.45) is 0 Å². The molecule has 0 unspecified atom stereocenters. The molecule has 19 heavy (non-hydrogen) atoms. The molecule has 3 aromatic rings. The van der Waals surface area contributed by atoms with E-state index in [1.165, 1.54) is 6.26 Å². The lowest BCUT2D eigenvalue weighted by molar-refractivity contribution is 0.426. The molecule has 6 nitrogen and oxygen atoms in total. The predicted octanol–water partition coefficient (Wildman–Crippen LogP) is 0.676. The van der Waals surface area contributed by atoms with Gasteiger partial charge in [-0.1, -0.05) is 12.1 Å². The summed E-state index contributed by atoms with van der Waals surface area (Å²) >= 11 is 0. The van der Waals surface area contributed by atoms with Crippen molar-refractivity contribution in [1.82, 2.24) is 10.2 Å². The van der Waals surface area contributed by atoms with Gasteiger partial charge < -0.3 is 18.9 Å². The van der Waals surface area contributed by atoms with Crippen LogP contribution in [0.5, 0.6) is 0 Å². The molecular weight excluding hydrogens is 247 g/mol. The molecule has 0 spiro atoms. The molecule has 7 heteroatoms. The fourth-order valence-electron chi connectivity index (χ4n) is 1.64. The van der Waals surface area contributed by atoms with Crippen LogP contribution in [0.4, 0.5) is 0 Å². The standard InChI is InChI=1S/C12H9BN2O4/c16-13(17)9-5-3-8(4-6-9)11-14-15-12(19-11)10-2-1-7-18-10/h1-7,16-17H. The molecule has 2 N–H and O–H groups in total. The topological polar surface area (TPSA) is 92.5 Å². The number of hydrogen-bond acceptors (Lipinski definition) is 6. The van der Waals surface area contributed by atoms with E-state index < -0.39 is 7.12 Å². The van der Waals surface area contributed by atoms with Gasteiger partial charge in [-0.25, -0.2) is 0 Å². The van der Waals surface area contributed by atoms with Crippen molar-refractivity contribution < 1.29 is 18.9 Å². The van der Waals surface area contributed by atoms with Crippen LogP contribution in [-0.4, -0.2) is 27.4 Å². The summed E-state index contributed by atoms with van der Waals surface area (Å²) in [5, 5.41) is 25.8. The van der Waals surface area contributed by atoms with Gasteiger partial charge in [0, 0.05) is 5.56 Å². The minimum absolute atomic E-state index is 0.297. The molecule has 0 aliphatic heterocycles. The van der Waals surface area contributed by atoms with E-state index in [9.17, 15) is 0 Å². The van der Waals surface area contributed by atoms with Gasteiger partial charge >= 0.3 is 7.12 Å². The highest BCUT2D eigenvalue weighted by Crippen LogP contribution is 2.23. The van der Waals surface area contributed by atoms with Crippen LogP contribution < -0.4 is 5.46 Å². The number of benzene rings is 1. The van der Waals surface area contributed by atoms with Gasteiger partial charge in [-0.15, -0.1) is 10.2 Å². The normalized spacial score (nSPS) is 10.6. The molecule has 0 fully saturated rings. The third kappa shape index (κ3) is 2.29. The van der Waals surface area contributed by atoms with Crippen molar-refractivity contribution in [2.75, 3.05) is 0 Å². The SMILES string of the molecule is OB(O)c1ccc(-c2nnc(-c3ccco3)o2)cc1.